The van der Waals surface area contributed by atoms with Crippen LogP contribution in [-0.4, -0.2) is 183 Å². The summed E-state index contributed by atoms with van der Waals surface area (Å²) in [6.45, 7) is 16.4. The number of piperazine rings is 1. The number of nitrogens with one attached hydrogen (secondary N) is 1. The maximum atomic E-state index is 10.4. The molecular weight excluding hydrogens is 764 g/mol. The van der Waals surface area contributed by atoms with Gasteiger partial charge in [0.2, 0.25) is 0 Å². The fourth-order valence-corrected chi connectivity index (χ4v) is 6.37. The number of pyridine rings is 1. The van der Waals surface area contributed by atoms with Crippen LogP contribution in [0.3, 0.4) is 0 Å². The number of nitrogens with two attached hydrogens (primary N) is 1. The molecule has 17 nitrogen and oxygen atoms in total. The quantitative estimate of drug-likeness (QED) is 0.0707. The number of aromatic nitrogens is 3. The zero-order chi connectivity index (χ0) is 41.6. The summed E-state index contributed by atoms with van der Waals surface area (Å²) in [7, 11) is 0. The molecule has 0 spiro atoms. The number of unbranched alkanes of at least 4 members (excludes halogenated alkanes) is 3. The maximum absolute atomic E-state index is 10.4. The van der Waals surface area contributed by atoms with E-state index in [1.165, 1.54) is 5.69 Å². The minimum atomic E-state index is -0.872. The van der Waals surface area contributed by atoms with Crippen LogP contribution in [0.4, 0.5) is 11.5 Å². The molecule has 59 heavy (non-hydrogen) atoms. The molecule has 3 heterocycles. The number of benzene rings is 1. The standard InChI is InChI=1S/C42H70N6O11/c1-2-3-7-38-45-40-36-34-35(8-9-37(36)44-42(43)41(40)46-38)48-13-11-47(12-14-48)15-19-51-16-5-4-6-17-52-20-22-54-24-26-56-28-30-58-32-33-59-31-29-57-27-25-55-23-21-53-18-10-39(49)50/h8-9,34H,2-7,10-33H2,1H3,(H2,43,44)(H,45,46)(H,49,50). The number of H-pyrrole nitrogens is 1. The van der Waals surface area contributed by atoms with Crippen molar-refractivity contribution in [2.45, 2.75) is 51.9 Å². The van der Waals surface area contributed by atoms with Crippen molar-refractivity contribution in [3.63, 3.8) is 0 Å². The van der Waals surface area contributed by atoms with Crippen molar-refractivity contribution >= 4 is 39.4 Å². The molecule has 2 aromatic heterocycles. The summed E-state index contributed by atoms with van der Waals surface area (Å²) in [6.07, 6.45) is 6.28. The van der Waals surface area contributed by atoms with Gasteiger partial charge in [0.05, 0.1) is 118 Å². The summed E-state index contributed by atoms with van der Waals surface area (Å²) in [5, 5.41) is 9.57. The molecule has 1 fully saturated rings. The van der Waals surface area contributed by atoms with E-state index in [4.69, 9.17) is 58.5 Å². The number of rotatable bonds is 37. The normalized spacial score (nSPS) is 13.7. The Balaban J connectivity index is 0.853. The Hall–Kier alpha value is -3.23. The molecule has 0 radical (unpaired) electrons. The van der Waals surface area contributed by atoms with Gasteiger partial charge in [-0.05, 0) is 43.9 Å². The number of carboxylic acid groups (broad SMARTS) is 1. The van der Waals surface area contributed by atoms with Crippen LogP contribution >= 0.6 is 0 Å². The lowest BCUT2D eigenvalue weighted by atomic mass is 10.1. The molecule has 17 heteroatoms. The van der Waals surface area contributed by atoms with E-state index in [9.17, 15) is 4.79 Å². The van der Waals surface area contributed by atoms with Crippen LogP contribution in [0.1, 0.15) is 51.3 Å². The maximum Gasteiger partial charge on any atom is 0.305 e. The monoisotopic (exact) mass is 835 g/mol. The van der Waals surface area contributed by atoms with Crippen LogP contribution in [-0.2, 0) is 53.8 Å². The summed E-state index contributed by atoms with van der Waals surface area (Å²) in [6, 6.07) is 6.44. The van der Waals surface area contributed by atoms with E-state index in [1.54, 1.807) is 0 Å². The molecule has 1 aliphatic heterocycles. The van der Waals surface area contributed by atoms with E-state index in [1.807, 2.05) is 0 Å². The van der Waals surface area contributed by atoms with Crippen molar-refractivity contribution in [3.8, 4) is 0 Å². The van der Waals surface area contributed by atoms with Crippen LogP contribution in [0.15, 0.2) is 18.2 Å². The van der Waals surface area contributed by atoms with E-state index in [2.05, 4.69) is 44.9 Å². The Labute approximate surface area is 349 Å². The number of aromatic amines is 1. The Morgan fingerprint density at radius 1 is 0.661 bits per heavy atom. The van der Waals surface area contributed by atoms with Crippen LogP contribution in [0.5, 0.6) is 0 Å². The third-order valence-electron chi connectivity index (χ3n) is 9.68. The van der Waals surface area contributed by atoms with Crippen molar-refractivity contribution in [2.75, 3.05) is 162 Å². The molecule has 4 rings (SSSR count). The minimum Gasteiger partial charge on any atom is -0.481 e. The highest BCUT2D eigenvalue weighted by molar-refractivity contribution is 6.07. The number of carboxylic acids is 1. The highest BCUT2D eigenvalue weighted by Crippen LogP contribution is 2.30. The Morgan fingerprint density at radius 3 is 1.69 bits per heavy atom. The first kappa shape index (κ1) is 48.4. The number of carbonyl (C=O) groups is 1. The number of fused-ring (bicyclic) bond motifs is 3. The number of aryl methyl sites for hydroxylation is 1. The van der Waals surface area contributed by atoms with Crippen molar-refractivity contribution in [3.05, 3.63) is 24.0 Å². The molecule has 3 aromatic rings. The SMILES string of the molecule is CCCCc1nc2c([nH]1)c(N)nc1ccc(N3CCN(CCOCCCCCOCCOCCOCCOCCOCCOCCOCCOCCC(=O)O)CC3)cc12. The van der Waals surface area contributed by atoms with Crippen LogP contribution in [0, 0.1) is 0 Å². The lowest BCUT2D eigenvalue weighted by Gasteiger charge is -2.36. The molecule has 1 aliphatic rings. The second-order valence-corrected chi connectivity index (χ2v) is 14.3. The van der Waals surface area contributed by atoms with Gasteiger partial charge in [0, 0.05) is 63.4 Å². The van der Waals surface area contributed by atoms with Gasteiger partial charge in [-0.3, -0.25) is 9.69 Å². The third kappa shape index (κ3) is 20.3. The molecule has 1 saturated heterocycles. The Bertz CT molecular complexity index is 1540. The molecule has 1 aromatic carbocycles. The number of hydrogen-bond donors (Lipinski definition) is 3. The molecule has 0 bridgehead atoms. The highest BCUT2D eigenvalue weighted by Gasteiger charge is 2.19. The molecular formula is C42H70N6O11. The zero-order valence-electron chi connectivity index (χ0n) is 35.3. The number of aliphatic carboxylic acids is 1. The van der Waals surface area contributed by atoms with Gasteiger partial charge in [0.15, 0.2) is 0 Å². The van der Waals surface area contributed by atoms with Gasteiger partial charge in [-0.1, -0.05) is 13.3 Å². The summed E-state index contributed by atoms with van der Waals surface area (Å²) >= 11 is 0. The number of nitrogen functional groups attached to an aromatic ring is 1. The Kier molecular flexibility index (Phi) is 25.2. The van der Waals surface area contributed by atoms with E-state index in [0.717, 1.165) is 119 Å². The van der Waals surface area contributed by atoms with Gasteiger partial charge in [-0.25, -0.2) is 9.97 Å². The van der Waals surface area contributed by atoms with Gasteiger partial charge in [0.25, 0.3) is 0 Å². The van der Waals surface area contributed by atoms with Gasteiger partial charge in [0.1, 0.15) is 22.7 Å². The fraction of sp³-hybridized carbons (Fsp3) is 0.738. The van der Waals surface area contributed by atoms with Gasteiger partial charge < -0.3 is 63.4 Å². The molecule has 0 saturated carbocycles. The summed E-state index contributed by atoms with van der Waals surface area (Å²) in [5.41, 5.74) is 10.1. The predicted octanol–water partition coefficient (Wildman–Crippen LogP) is 3.95. The van der Waals surface area contributed by atoms with E-state index in [-0.39, 0.29) is 13.0 Å². The fourth-order valence-electron chi connectivity index (χ4n) is 6.37. The molecule has 0 atom stereocenters. The average molecular weight is 835 g/mol. The number of hydrogen-bond acceptors (Lipinski definition) is 15. The van der Waals surface area contributed by atoms with E-state index < -0.39 is 5.97 Å². The number of imidazole rings is 1. The van der Waals surface area contributed by atoms with Gasteiger partial charge >= 0.3 is 5.97 Å². The number of ether oxygens (including phenoxy) is 9. The van der Waals surface area contributed by atoms with Crippen molar-refractivity contribution in [1.82, 2.24) is 19.9 Å². The zero-order valence-corrected chi connectivity index (χ0v) is 35.3. The molecule has 0 amide bonds. The lowest BCUT2D eigenvalue weighted by molar-refractivity contribution is -0.138. The predicted molar refractivity (Wildman–Crippen MR) is 227 cm³/mol. The molecule has 4 N–H and O–H groups in total. The van der Waals surface area contributed by atoms with Crippen molar-refractivity contribution in [2.24, 2.45) is 0 Å². The number of anilines is 2. The molecule has 334 valence electrons. The second-order valence-electron chi connectivity index (χ2n) is 14.3. The van der Waals surface area contributed by atoms with Crippen LogP contribution < -0.4 is 10.6 Å². The summed E-state index contributed by atoms with van der Waals surface area (Å²) in [4.78, 5) is 28.3. The molecule has 0 aliphatic carbocycles. The first-order valence-electron chi connectivity index (χ1n) is 21.5. The Morgan fingerprint density at radius 2 is 1.17 bits per heavy atom. The van der Waals surface area contributed by atoms with Gasteiger partial charge in [-0.2, -0.15) is 0 Å². The topological polar surface area (TPSA) is 194 Å². The van der Waals surface area contributed by atoms with Crippen molar-refractivity contribution in [1.29, 1.82) is 0 Å². The average Bonchev–Trinajstić information content (AvgIpc) is 3.69. The minimum absolute atomic E-state index is 0.000961. The van der Waals surface area contributed by atoms with Crippen LogP contribution in [0.25, 0.3) is 21.9 Å². The summed E-state index contributed by atoms with van der Waals surface area (Å²) in [5.74, 6) is 0.615. The first-order chi connectivity index (χ1) is 29.0. The molecule has 0 unspecified atom stereocenters. The largest absolute Gasteiger partial charge is 0.481 e. The van der Waals surface area contributed by atoms with Crippen LogP contribution in [0.2, 0.25) is 0 Å². The summed E-state index contributed by atoms with van der Waals surface area (Å²) < 4.78 is 49.6. The van der Waals surface area contributed by atoms with Crippen molar-refractivity contribution < 1.29 is 52.5 Å². The number of nitrogens with zero attached hydrogens (tertiary/aromatic N) is 4. The first-order valence-corrected chi connectivity index (χ1v) is 21.5. The van der Waals surface area contributed by atoms with E-state index >= 15 is 0 Å². The third-order valence-corrected chi connectivity index (χ3v) is 9.68. The lowest BCUT2D eigenvalue weighted by Crippen LogP contribution is -2.47. The van der Waals surface area contributed by atoms with E-state index in [0.29, 0.717) is 98.3 Å². The van der Waals surface area contributed by atoms with Gasteiger partial charge in [-0.15, -0.1) is 0 Å². The second kappa shape index (κ2) is 30.7. The highest BCUT2D eigenvalue weighted by atomic mass is 16.6. The smallest absolute Gasteiger partial charge is 0.305 e.